The van der Waals surface area contributed by atoms with Gasteiger partial charge in [-0.15, -0.1) is 17.0 Å². The predicted octanol–water partition coefficient (Wildman–Crippen LogP) is 4.97. The molecular formula is C25H37BrNO5+. The maximum atomic E-state index is 12.7. The Morgan fingerprint density at radius 2 is 1.66 bits per heavy atom. The molecule has 0 bridgehead atoms. The molecule has 32 heavy (non-hydrogen) atoms. The van der Waals surface area contributed by atoms with Gasteiger partial charge in [0.1, 0.15) is 18.0 Å². The van der Waals surface area contributed by atoms with E-state index in [1.165, 1.54) is 13.2 Å². The van der Waals surface area contributed by atoms with Crippen LogP contribution in [-0.4, -0.2) is 62.6 Å². The van der Waals surface area contributed by atoms with Crippen LogP contribution in [0.3, 0.4) is 0 Å². The average Bonchev–Trinajstić information content (AvgIpc) is 2.73. The van der Waals surface area contributed by atoms with E-state index < -0.39 is 0 Å². The number of hydrogen-bond donors (Lipinski definition) is 1. The first-order valence-corrected chi connectivity index (χ1v) is 10.9. The van der Waals surface area contributed by atoms with Crippen molar-refractivity contribution < 1.29 is 28.6 Å². The van der Waals surface area contributed by atoms with Crippen LogP contribution in [0.4, 0.5) is 0 Å². The molecule has 0 amide bonds. The number of hydrogen-bond acceptors (Lipinski definition) is 5. The molecule has 0 radical (unpaired) electrons. The molecule has 6 nitrogen and oxygen atoms in total. The Balaban J connectivity index is 0.00000512. The SMILES string of the molecule is Br.CCOC(CCC[N+](C)(C)Cc1ccc(C(=O)c2ccc(OC)cc2O)cc1)OCC. The first-order chi connectivity index (χ1) is 14.8. The quantitative estimate of drug-likeness (QED) is 0.234. The number of ketones is 1. The summed E-state index contributed by atoms with van der Waals surface area (Å²) in [5, 5.41) is 10.1. The number of halogens is 1. The van der Waals surface area contributed by atoms with E-state index in [1.54, 1.807) is 12.1 Å². The molecule has 0 unspecified atom stereocenters. The minimum atomic E-state index is -0.210. The zero-order valence-corrected chi connectivity index (χ0v) is 21.5. The smallest absolute Gasteiger partial charge is 0.196 e. The number of aromatic hydroxyl groups is 1. The molecule has 2 rings (SSSR count). The minimum absolute atomic E-state index is 0. The van der Waals surface area contributed by atoms with E-state index in [0.717, 1.165) is 36.0 Å². The molecule has 7 heteroatoms. The van der Waals surface area contributed by atoms with Gasteiger partial charge in [-0.25, -0.2) is 0 Å². The molecule has 0 atom stereocenters. The van der Waals surface area contributed by atoms with Gasteiger partial charge in [-0.05, 0) is 26.0 Å². The normalized spacial score (nSPS) is 11.3. The van der Waals surface area contributed by atoms with E-state index in [9.17, 15) is 9.90 Å². The summed E-state index contributed by atoms with van der Waals surface area (Å²) in [5.41, 5.74) is 1.97. The lowest BCUT2D eigenvalue weighted by molar-refractivity contribution is -0.903. The molecule has 0 heterocycles. The maximum Gasteiger partial charge on any atom is 0.196 e. The van der Waals surface area contributed by atoms with E-state index in [-0.39, 0.29) is 40.4 Å². The average molecular weight is 511 g/mol. The van der Waals surface area contributed by atoms with E-state index in [0.29, 0.717) is 24.5 Å². The van der Waals surface area contributed by atoms with Gasteiger partial charge in [0.15, 0.2) is 12.1 Å². The maximum absolute atomic E-state index is 12.7. The molecule has 0 aliphatic heterocycles. The third-order valence-electron chi connectivity index (χ3n) is 5.18. The van der Waals surface area contributed by atoms with Crippen LogP contribution < -0.4 is 4.74 Å². The van der Waals surface area contributed by atoms with E-state index in [1.807, 2.05) is 38.1 Å². The van der Waals surface area contributed by atoms with Crippen molar-refractivity contribution in [1.29, 1.82) is 0 Å². The lowest BCUT2D eigenvalue weighted by Crippen LogP contribution is -2.40. The molecule has 0 aliphatic rings. The van der Waals surface area contributed by atoms with Crippen molar-refractivity contribution >= 4 is 22.8 Å². The minimum Gasteiger partial charge on any atom is -0.507 e. The highest BCUT2D eigenvalue weighted by atomic mass is 79.9. The van der Waals surface area contributed by atoms with Gasteiger partial charge in [-0.2, -0.15) is 0 Å². The predicted molar refractivity (Wildman–Crippen MR) is 132 cm³/mol. The Labute approximate surface area is 202 Å². The molecular weight excluding hydrogens is 474 g/mol. The van der Waals surface area contributed by atoms with Crippen molar-refractivity contribution in [2.45, 2.75) is 39.5 Å². The van der Waals surface area contributed by atoms with Crippen molar-refractivity contribution in [2.75, 3.05) is 41.0 Å². The topological polar surface area (TPSA) is 65.0 Å². The standard InChI is InChI=1S/C25H35NO5.BrH/c1-6-30-24(31-7-2)9-8-16-26(3,4)18-19-10-12-20(13-11-19)25(28)22-15-14-21(29-5)17-23(22)27;/h10-15,17,24H,6-9,16,18H2,1-5H3;1H/p+1. The van der Waals surface area contributed by atoms with Gasteiger partial charge in [0.25, 0.3) is 0 Å². The van der Waals surface area contributed by atoms with Crippen molar-refractivity contribution in [3.8, 4) is 11.5 Å². The van der Waals surface area contributed by atoms with Crippen LogP contribution in [0.5, 0.6) is 11.5 Å². The third kappa shape index (κ3) is 8.54. The second-order valence-corrected chi connectivity index (χ2v) is 8.21. The number of phenols is 1. The van der Waals surface area contributed by atoms with Gasteiger partial charge in [-0.3, -0.25) is 4.79 Å². The largest absolute Gasteiger partial charge is 0.507 e. The van der Waals surface area contributed by atoms with Gasteiger partial charge in [0, 0.05) is 43.2 Å². The monoisotopic (exact) mass is 510 g/mol. The summed E-state index contributed by atoms with van der Waals surface area (Å²) in [6, 6.07) is 12.3. The highest BCUT2D eigenvalue weighted by Crippen LogP contribution is 2.26. The van der Waals surface area contributed by atoms with Crippen LogP contribution in [0.2, 0.25) is 0 Å². The van der Waals surface area contributed by atoms with Crippen molar-refractivity contribution in [1.82, 2.24) is 0 Å². The first-order valence-electron chi connectivity index (χ1n) is 10.9. The van der Waals surface area contributed by atoms with Crippen LogP contribution >= 0.6 is 17.0 Å². The zero-order chi connectivity index (χ0) is 22.9. The Kier molecular flexibility index (Phi) is 11.9. The number of carbonyl (C=O) groups excluding carboxylic acids is 1. The van der Waals surface area contributed by atoms with Gasteiger partial charge in [0.2, 0.25) is 0 Å². The molecule has 0 saturated carbocycles. The number of nitrogens with zero attached hydrogens (tertiary/aromatic N) is 1. The lowest BCUT2D eigenvalue weighted by atomic mass is 10.0. The molecule has 1 N–H and O–H groups in total. The number of methoxy groups -OCH3 is 1. The summed E-state index contributed by atoms with van der Waals surface area (Å²) in [6.45, 7) is 7.13. The molecule has 0 spiro atoms. The second kappa shape index (κ2) is 13.6. The van der Waals surface area contributed by atoms with Crippen LogP contribution in [-0.2, 0) is 16.0 Å². The molecule has 2 aromatic carbocycles. The molecule has 2 aromatic rings. The van der Waals surface area contributed by atoms with E-state index >= 15 is 0 Å². The number of ether oxygens (including phenoxy) is 3. The number of carbonyl (C=O) groups is 1. The van der Waals surface area contributed by atoms with E-state index in [4.69, 9.17) is 14.2 Å². The lowest BCUT2D eigenvalue weighted by Gasteiger charge is -2.30. The van der Waals surface area contributed by atoms with E-state index in [2.05, 4.69) is 14.1 Å². The fourth-order valence-corrected chi connectivity index (χ4v) is 3.59. The number of benzene rings is 2. The first kappa shape index (κ1) is 28.1. The summed E-state index contributed by atoms with van der Waals surface area (Å²) >= 11 is 0. The summed E-state index contributed by atoms with van der Waals surface area (Å²) in [5.74, 6) is 0.222. The van der Waals surface area contributed by atoms with Crippen LogP contribution in [0.25, 0.3) is 0 Å². The molecule has 0 fully saturated rings. The molecule has 0 saturated heterocycles. The van der Waals surface area contributed by atoms with Gasteiger partial charge in [0.05, 0.1) is 33.3 Å². The van der Waals surface area contributed by atoms with Gasteiger partial charge in [-0.1, -0.05) is 24.3 Å². The number of rotatable bonds is 13. The Morgan fingerprint density at radius 3 is 2.19 bits per heavy atom. The van der Waals surface area contributed by atoms with Gasteiger partial charge >= 0.3 is 0 Å². The fraction of sp³-hybridized carbons (Fsp3) is 0.480. The number of quaternary nitrogens is 1. The molecule has 178 valence electrons. The molecule has 0 aromatic heterocycles. The summed E-state index contributed by atoms with van der Waals surface area (Å²) in [6.07, 6.45) is 1.75. The summed E-state index contributed by atoms with van der Waals surface area (Å²) in [7, 11) is 5.92. The number of phenolic OH excluding ortho intramolecular Hbond substituents is 1. The van der Waals surface area contributed by atoms with Crippen LogP contribution in [0.15, 0.2) is 42.5 Å². The highest BCUT2D eigenvalue weighted by molar-refractivity contribution is 8.93. The Hall–Kier alpha value is -1.93. The van der Waals surface area contributed by atoms with Crippen LogP contribution in [0.1, 0.15) is 48.2 Å². The fourth-order valence-electron chi connectivity index (χ4n) is 3.59. The zero-order valence-electron chi connectivity index (χ0n) is 19.8. The van der Waals surface area contributed by atoms with Gasteiger partial charge < -0.3 is 23.8 Å². The summed E-state index contributed by atoms with van der Waals surface area (Å²) in [4.78, 5) is 12.7. The van der Waals surface area contributed by atoms with Crippen molar-refractivity contribution in [3.05, 3.63) is 59.2 Å². The van der Waals surface area contributed by atoms with Crippen LogP contribution in [0, 0.1) is 0 Å². The van der Waals surface area contributed by atoms with Crippen molar-refractivity contribution in [2.24, 2.45) is 0 Å². The Morgan fingerprint density at radius 1 is 1.03 bits per heavy atom. The molecule has 0 aliphatic carbocycles. The highest BCUT2D eigenvalue weighted by Gasteiger charge is 2.19. The third-order valence-corrected chi connectivity index (χ3v) is 5.18. The summed E-state index contributed by atoms with van der Waals surface area (Å²) < 4.78 is 17.2. The Bertz CT molecular complexity index is 833. The second-order valence-electron chi connectivity index (χ2n) is 8.21. The van der Waals surface area contributed by atoms with Crippen molar-refractivity contribution in [3.63, 3.8) is 0 Å².